The van der Waals surface area contributed by atoms with Crippen molar-refractivity contribution in [1.82, 2.24) is 0 Å². The molecule has 2 heterocycles. The van der Waals surface area contributed by atoms with Gasteiger partial charge in [-0.15, -0.1) is 11.3 Å². The van der Waals surface area contributed by atoms with Gasteiger partial charge in [-0.2, -0.15) is 0 Å². The van der Waals surface area contributed by atoms with Crippen LogP contribution in [0.2, 0.25) is 0 Å². The SMILES string of the molecule is O=C(c1ccc([N+](=O)[O-])cc1)N1CCc2cc(Br)sc2-c2c1ccc(F)c2F. The molecule has 28 heavy (non-hydrogen) atoms. The first kappa shape index (κ1) is 18.7. The molecule has 1 aliphatic rings. The zero-order valence-corrected chi connectivity index (χ0v) is 16.5. The number of hydrogen-bond acceptors (Lipinski definition) is 4. The van der Waals surface area contributed by atoms with Crippen LogP contribution in [-0.2, 0) is 6.42 Å². The van der Waals surface area contributed by atoms with Crippen LogP contribution >= 0.6 is 27.3 Å². The van der Waals surface area contributed by atoms with Gasteiger partial charge in [-0.25, -0.2) is 8.78 Å². The number of nitro groups is 1. The highest BCUT2D eigenvalue weighted by Gasteiger charge is 2.30. The van der Waals surface area contributed by atoms with E-state index in [1.165, 1.54) is 46.6 Å². The smallest absolute Gasteiger partial charge is 0.269 e. The van der Waals surface area contributed by atoms with Crippen molar-refractivity contribution in [2.75, 3.05) is 11.4 Å². The fraction of sp³-hybridized carbons (Fsp3) is 0.105. The van der Waals surface area contributed by atoms with E-state index in [0.29, 0.717) is 11.3 Å². The molecule has 0 saturated carbocycles. The molecule has 3 aromatic rings. The largest absolute Gasteiger partial charge is 0.307 e. The third-order valence-corrected chi connectivity index (χ3v) is 6.24. The van der Waals surface area contributed by atoms with E-state index < -0.39 is 22.5 Å². The maximum absolute atomic E-state index is 14.7. The highest BCUT2D eigenvalue weighted by Crippen LogP contribution is 2.45. The molecule has 142 valence electrons. The fourth-order valence-electron chi connectivity index (χ4n) is 3.22. The Hall–Kier alpha value is -2.65. The first-order valence-corrected chi connectivity index (χ1v) is 9.80. The second-order valence-corrected chi connectivity index (χ2v) is 8.60. The lowest BCUT2D eigenvalue weighted by molar-refractivity contribution is -0.384. The van der Waals surface area contributed by atoms with Crippen molar-refractivity contribution in [3.8, 4) is 10.4 Å². The summed E-state index contributed by atoms with van der Waals surface area (Å²) < 4.78 is 29.5. The van der Waals surface area contributed by atoms with Gasteiger partial charge in [0.2, 0.25) is 0 Å². The second-order valence-electron chi connectivity index (χ2n) is 6.17. The van der Waals surface area contributed by atoms with E-state index in [0.717, 1.165) is 15.4 Å². The highest BCUT2D eigenvalue weighted by molar-refractivity contribution is 9.11. The number of nitrogens with zero attached hydrogens (tertiary/aromatic N) is 2. The average Bonchev–Trinajstić information content (AvgIpc) is 2.97. The second kappa shape index (κ2) is 7.06. The molecule has 1 aromatic heterocycles. The van der Waals surface area contributed by atoms with Crippen LogP contribution in [-0.4, -0.2) is 17.4 Å². The monoisotopic (exact) mass is 464 g/mol. The lowest BCUT2D eigenvalue weighted by atomic mass is 10.1. The molecule has 1 amide bonds. The zero-order valence-electron chi connectivity index (χ0n) is 14.1. The van der Waals surface area contributed by atoms with Crippen molar-refractivity contribution < 1.29 is 18.5 Å². The molecule has 0 aliphatic carbocycles. The fourth-order valence-corrected chi connectivity index (χ4v) is 4.97. The summed E-state index contributed by atoms with van der Waals surface area (Å²) in [7, 11) is 0. The summed E-state index contributed by atoms with van der Waals surface area (Å²) >= 11 is 4.66. The Balaban J connectivity index is 1.82. The average molecular weight is 465 g/mol. The molecule has 0 fully saturated rings. The minimum Gasteiger partial charge on any atom is -0.307 e. The Labute approximate surface area is 170 Å². The number of thiophene rings is 1. The minimum absolute atomic E-state index is 0.0541. The number of carbonyl (C=O) groups excluding carboxylic acids is 1. The number of anilines is 1. The van der Waals surface area contributed by atoms with Crippen LogP contribution in [0.15, 0.2) is 46.3 Å². The van der Waals surface area contributed by atoms with E-state index in [9.17, 15) is 23.7 Å². The lowest BCUT2D eigenvalue weighted by Gasteiger charge is -2.23. The summed E-state index contributed by atoms with van der Waals surface area (Å²) in [6.07, 6.45) is 0.464. The Kier molecular flexibility index (Phi) is 4.72. The summed E-state index contributed by atoms with van der Waals surface area (Å²) in [5.41, 5.74) is 1.25. The molecular weight excluding hydrogens is 454 g/mol. The standard InChI is InChI=1S/C19H11BrF2N2O3S/c20-15-9-11-7-8-23(19(25)10-1-3-12(4-2-10)24(26)27)14-6-5-13(21)17(22)16(14)18(11)28-15/h1-6,9H,7-8H2. The predicted octanol–water partition coefficient (Wildman–Crippen LogP) is 5.57. The number of hydrogen-bond donors (Lipinski definition) is 0. The van der Waals surface area contributed by atoms with Gasteiger partial charge < -0.3 is 4.90 Å². The number of rotatable bonds is 2. The van der Waals surface area contributed by atoms with Crippen LogP contribution in [0.1, 0.15) is 15.9 Å². The molecule has 5 nitrogen and oxygen atoms in total. The van der Waals surface area contributed by atoms with E-state index in [1.807, 2.05) is 6.07 Å². The van der Waals surface area contributed by atoms with E-state index in [2.05, 4.69) is 15.9 Å². The number of amides is 1. The first-order chi connectivity index (χ1) is 13.4. The van der Waals surface area contributed by atoms with Gasteiger partial charge in [-0.05, 0) is 58.2 Å². The molecule has 0 spiro atoms. The van der Waals surface area contributed by atoms with Crippen molar-refractivity contribution in [3.63, 3.8) is 0 Å². The molecule has 2 aromatic carbocycles. The molecule has 0 bridgehead atoms. The van der Waals surface area contributed by atoms with Crippen LogP contribution in [0.25, 0.3) is 10.4 Å². The molecule has 0 unspecified atom stereocenters. The lowest BCUT2D eigenvalue weighted by Crippen LogP contribution is -2.32. The van der Waals surface area contributed by atoms with Crippen molar-refractivity contribution in [2.45, 2.75) is 6.42 Å². The summed E-state index contributed by atoms with van der Waals surface area (Å²) in [5.74, 6) is -2.42. The van der Waals surface area contributed by atoms with E-state index in [-0.39, 0.29) is 29.0 Å². The highest BCUT2D eigenvalue weighted by atomic mass is 79.9. The van der Waals surface area contributed by atoms with E-state index >= 15 is 0 Å². The molecule has 0 atom stereocenters. The number of non-ortho nitro benzene ring substituents is 1. The molecule has 9 heteroatoms. The Bertz CT molecular complexity index is 1120. The molecule has 4 rings (SSSR count). The van der Waals surface area contributed by atoms with Gasteiger partial charge in [0.15, 0.2) is 11.6 Å². The van der Waals surface area contributed by atoms with E-state index in [1.54, 1.807) is 0 Å². The van der Waals surface area contributed by atoms with Crippen LogP contribution in [0.3, 0.4) is 0 Å². The maximum Gasteiger partial charge on any atom is 0.269 e. The summed E-state index contributed by atoms with van der Waals surface area (Å²) in [6, 6.07) is 9.43. The first-order valence-electron chi connectivity index (χ1n) is 8.19. The summed E-state index contributed by atoms with van der Waals surface area (Å²) in [4.78, 5) is 25.3. The molecular formula is C19H11BrF2N2O3S. The Morgan fingerprint density at radius 1 is 1.18 bits per heavy atom. The molecule has 0 radical (unpaired) electrons. The Morgan fingerprint density at radius 3 is 2.57 bits per heavy atom. The summed E-state index contributed by atoms with van der Waals surface area (Å²) in [5, 5.41) is 10.8. The van der Waals surface area contributed by atoms with Gasteiger partial charge in [0.05, 0.1) is 20.0 Å². The molecule has 0 N–H and O–H groups in total. The van der Waals surface area contributed by atoms with Crippen LogP contribution in [0, 0.1) is 21.7 Å². The van der Waals surface area contributed by atoms with Gasteiger partial charge in [-0.3, -0.25) is 14.9 Å². The zero-order chi connectivity index (χ0) is 20.0. The number of nitro benzene ring substituents is 1. The predicted molar refractivity (Wildman–Crippen MR) is 106 cm³/mol. The number of carbonyl (C=O) groups is 1. The maximum atomic E-state index is 14.7. The Morgan fingerprint density at radius 2 is 1.89 bits per heavy atom. The minimum atomic E-state index is -1.00. The van der Waals surface area contributed by atoms with Gasteiger partial charge in [0.25, 0.3) is 11.6 Å². The van der Waals surface area contributed by atoms with Gasteiger partial charge in [-0.1, -0.05) is 0 Å². The van der Waals surface area contributed by atoms with Gasteiger partial charge >= 0.3 is 0 Å². The third kappa shape index (κ3) is 3.10. The van der Waals surface area contributed by atoms with Crippen molar-refractivity contribution in [1.29, 1.82) is 0 Å². The quantitative estimate of drug-likeness (QED) is 0.368. The van der Waals surface area contributed by atoms with Crippen molar-refractivity contribution in [2.24, 2.45) is 0 Å². The van der Waals surface area contributed by atoms with E-state index in [4.69, 9.17) is 0 Å². The summed E-state index contributed by atoms with van der Waals surface area (Å²) in [6.45, 7) is 0.268. The van der Waals surface area contributed by atoms with Crippen molar-refractivity contribution >= 4 is 44.5 Å². The van der Waals surface area contributed by atoms with Gasteiger partial charge in [0, 0.05) is 29.1 Å². The van der Waals surface area contributed by atoms with Gasteiger partial charge in [0.1, 0.15) is 0 Å². The third-order valence-electron chi connectivity index (χ3n) is 4.54. The van der Waals surface area contributed by atoms with Crippen LogP contribution in [0.4, 0.5) is 20.2 Å². The topological polar surface area (TPSA) is 63.4 Å². The van der Waals surface area contributed by atoms with Crippen LogP contribution in [0.5, 0.6) is 0 Å². The normalized spacial score (nSPS) is 12.9. The number of benzene rings is 2. The molecule has 0 saturated heterocycles. The molecule has 1 aliphatic heterocycles. The number of halogens is 3. The van der Waals surface area contributed by atoms with Crippen molar-refractivity contribution in [3.05, 3.63) is 79.1 Å². The van der Waals surface area contributed by atoms with Crippen LogP contribution < -0.4 is 4.90 Å². The number of fused-ring (bicyclic) bond motifs is 3.